The Hall–Kier alpha value is -0.450. The summed E-state index contributed by atoms with van der Waals surface area (Å²) >= 11 is 1.93. The molecule has 2 heterocycles. The number of rotatable bonds is 4. The van der Waals surface area contributed by atoms with Crippen LogP contribution in [0.5, 0.6) is 0 Å². The van der Waals surface area contributed by atoms with E-state index in [1.165, 1.54) is 41.3 Å². The molecule has 0 amide bonds. The Labute approximate surface area is 119 Å². The molecular formula is C15H24N2OS. The summed E-state index contributed by atoms with van der Waals surface area (Å²) in [5, 5.41) is 5.02. The van der Waals surface area contributed by atoms with Gasteiger partial charge in [-0.2, -0.15) is 0 Å². The molecule has 0 bridgehead atoms. The molecule has 1 aromatic heterocycles. The van der Waals surface area contributed by atoms with Gasteiger partial charge in [0.25, 0.3) is 0 Å². The summed E-state index contributed by atoms with van der Waals surface area (Å²) in [5.41, 5.74) is 1.33. The summed E-state index contributed by atoms with van der Waals surface area (Å²) in [6.07, 6.45) is 7.47. The van der Waals surface area contributed by atoms with Crippen molar-refractivity contribution in [3.63, 3.8) is 0 Å². The van der Waals surface area contributed by atoms with Crippen LogP contribution in [0.3, 0.4) is 0 Å². The number of aryl methyl sites for hydroxylation is 2. The normalized spacial score (nSPS) is 30.5. The third-order valence-corrected chi connectivity index (χ3v) is 5.81. The lowest BCUT2D eigenvalue weighted by Crippen LogP contribution is -2.48. The second-order valence-electron chi connectivity index (χ2n) is 5.76. The lowest BCUT2D eigenvalue weighted by atomic mass is 9.92. The number of nitrogens with zero attached hydrogens (tertiary/aromatic N) is 1. The fourth-order valence-electron chi connectivity index (χ4n) is 3.22. The van der Waals surface area contributed by atoms with Gasteiger partial charge in [-0.15, -0.1) is 11.3 Å². The maximum absolute atomic E-state index is 5.86. The average Bonchev–Trinajstić information content (AvgIpc) is 3.00. The van der Waals surface area contributed by atoms with E-state index >= 15 is 0 Å². The van der Waals surface area contributed by atoms with Crippen LogP contribution in [0.15, 0.2) is 0 Å². The minimum absolute atomic E-state index is 0.0297. The van der Waals surface area contributed by atoms with Gasteiger partial charge in [0.05, 0.1) is 17.3 Å². The van der Waals surface area contributed by atoms with Crippen molar-refractivity contribution in [2.24, 2.45) is 0 Å². The molecule has 0 spiro atoms. The monoisotopic (exact) mass is 280 g/mol. The Bertz CT molecular complexity index is 422. The lowest BCUT2D eigenvalue weighted by molar-refractivity contribution is 0.0819. The second-order valence-corrected chi connectivity index (χ2v) is 6.84. The molecule has 4 heteroatoms. The number of hydrogen-bond acceptors (Lipinski definition) is 4. The third kappa shape index (κ3) is 2.34. The third-order valence-electron chi connectivity index (χ3n) is 4.48. The molecule has 1 aromatic rings. The van der Waals surface area contributed by atoms with Crippen molar-refractivity contribution >= 4 is 11.3 Å². The summed E-state index contributed by atoms with van der Waals surface area (Å²) in [6.45, 7) is 6.30. The van der Waals surface area contributed by atoms with E-state index in [2.05, 4.69) is 19.2 Å². The van der Waals surface area contributed by atoms with Crippen LogP contribution < -0.4 is 5.32 Å². The molecule has 1 N–H and O–H groups in total. The van der Waals surface area contributed by atoms with E-state index in [-0.39, 0.29) is 11.6 Å². The standard InChI is InChI=1S/C15H24N2OS/c1-3-9-16-15(8-10-18-11(15)2)14-17-12-6-4-5-7-13(12)19-14/h11,16H,3-10H2,1-2H3. The number of nitrogens with one attached hydrogen (secondary N) is 1. The van der Waals surface area contributed by atoms with Gasteiger partial charge in [-0.1, -0.05) is 6.92 Å². The SMILES string of the molecule is CCCNC1(c2nc3c(s2)CCCC3)CCOC1C. The largest absolute Gasteiger partial charge is 0.376 e. The lowest BCUT2D eigenvalue weighted by Gasteiger charge is -2.31. The summed E-state index contributed by atoms with van der Waals surface area (Å²) in [7, 11) is 0. The van der Waals surface area contributed by atoms with Crippen LogP contribution in [0.2, 0.25) is 0 Å². The molecule has 2 atom stereocenters. The van der Waals surface area contributed by atoms with Gasteiger partial charge in [0, 0.05) is 11.5 Å². The van der Waals surface area contributed by atoms with E-state index < -0.39 is 0 Å². The van der Waals surface area contributed by atoms with Crippen LogP contribution in [-0.2, 0) is 23.1 Å². The molecule has 0 radical (unpaired) electrons. The fourth-order valence-corrected chi connectivity index (χ4v) is 4.65. The maximum atomic E-state index is 5.86. The molecule has 2 aliphatic rings. The number of ether oxygens (including phenoxy) is 1. The summed E-state index contributed by atoms with van der Waals surface area (Å²) in [5.74, 6) is 0. The molecule has 0 aromatic carbocycles. The summed E-state index contributed by atoms with van der Waals surface area (Å²) < 4.78 is 5.86. The van der Waals surface area contributed by atoms with E-state index in [1.807, 2.05) is 11.3 Å². The predicted octanol–water partition coefficient (Wildman–Crippen LogP) is 3.03. The zero-order valence-corrected chi connectivity index (χ0v) is 12.8. The van der Waals surface area contributed by atoms with Gasteiger partial charge in [0.1, 0.15) is 5.01 Å². The second kappa shape index (κ2) is 5.51. The highest BCUT2D eigenvalue weighted by Gasteiger charge is 2.45. The minimum Gasteiger partial charge on any atom is -0.376 e. The van der Waals surface area contributed by atoms with Crippen LogP contribution in [0.25, 0.3) is 0 Å². The number of hydrogen-bond donors (Lipinski definition) is 1. The molecule has 3 nitrogen and oxygen atoms in total. The van der Waals surface area contributed by atoms with E-state index in [4.69, 9.17) is 9.72 Å². The van der Waals surface area contributed by atoms with E-state index in [0.717, 1.165) is 26.0 Å². The van der Waals surface area contributed by atoms with Crippen molar-refractivity contribution in [3.8, 4) is 0 Å². The van der Waals surface area contributed by atoms with Gasteiger partial charge in [-0.25, -0.2) is 4.98 Å². The molecule has 1 saturated heterocycles. The van der Waals surface area contributed by atoms with Gasteiger partial charge in [0.2, 0.25) is 0 Å². The maximum Gasteiger partial charge on any atom is 0.116 e. The molecule has 106 valence electrons. The highest BCUT2D eigenvalue weighted by molar-refractivity contribution is 7.11. The van der Waals surface area contributed by atoms with Crippen molar-refractivity contribution in [3.05, 3.63) is 15.6 Å². The van der Waals surface area contributed by atoms with Crippen LogP contribution >= 0.6 is 11.3 Å². The van der Waals surface area contributed by atoms with Gasteiger partial charge < -0.3 is 10.1 Å². The highest BCUT2D eigenvalue weighted by atomic mass is 32.1. The highest BCUT2D eigenvalue weighted by Crippen LogP contribution is 2.40. The molecule has 1 aliphatic heterocycles. The molecule has 0 saturated carbocycles. The first-order valence-electron chi connectivity index (χ1n) is 7.62. The van der Waals surface area contributed by atoms with Crippen molar-refractivity contribution in [1.29, 1.82) is 0 Å². The topological polar surface area (TPSA) is 34.2 Å². The molecule has 1 fully saturated rings. The summed E-state index contributed by atoms with van der Waals surface area (Å²) in [6, 6.07) is 0. The first kappa shape index (κ1) is 13.5. The first-order chi connectivity index (χ1) is 9.26. The van der Waals surface area contributed by atoms with Crippen molar-refractivity contribution < 1.29 is 4.74 Å². The van der Waals surface area contributed by atoms with Crippen LogP contribution in [0.1, 0.15) is 55.1 Å². The van der Waals surface area contributed by atoms with Gasteiger partial charge in [-0.3, -0.25) is 0 Å². The Morgan fingerprint density at radius 3 is 2.95 bits per heavy atom. The number of fused-ring (bicyclic) bond motifs is 1. The molecule has 2 unspecified atom stereocenters. The first-order valence-corrected chi connectivity index (χ1v) is 8.43. The van der Waals surface area contributed by atoms with Crippen LogP contribution in [-0.4, -0.2) is 24.2 Å². The van der Waals surface area contributed by atoms with E-state index in [1.54, 1.807) is 0 Å². The van der Waals surface area contributed by atoms with E-state index in [0.29, 0.717) is 0 Å². The quantitative estimate of drug-likeness (QED) is 0.920. The van der Waals surface area contributed by atoms with Gasteiger partial charge >= 0.3 is 0 Å². The zero-order chi connectivity index (χ0) is 13.3. The fraction of sp³-hybridized carbons (Fsp3) is 0.800. The van der Waals surface area contributed by atoms with Gasteiger partial charge in [0.15, 0.2) is 0 Å². The summed E-state index contributed by atoms with van der Waals surface area (Å²) in [4.78, 5) is 6.51. The van der Waals surface area contributed by atoms with Crippen LogP contribution in [0, 0.1) is 0 Å². The van der Waals surface area contributed by atoms with Crippen LogP contribution in [0.4, 0.5) is 0 Å². The Balaban J connectivity index is 1.92. The van der Waals surface area contributed by atoms with Crippen molar-refractivity contribution in [2.45, 2.75) is 64.0 Å². The van der Waals surface area contributed by atoms with Gasteiger partial charge in [-0.05, 0) is 52.0 Å². The Morgan fingerprint density at radius 2 is 2.26 bits per heavy atom. The number of aromatic nitrogens is 1. The Morgan fingerprint density at radius 1 is 1.42 bits per heavy atom. The van der Waals surface area contributed by atoms with E-state index in [9.17, 15) is 0 Å². The Kier molecular flexibility index (Phi) is 3.92. The average molecular weight is 280 g/mol. The van der Waals surface area contributed by atoms with Crippen molar-refractivity contribution in [2.75, 3.05) is 13.2 Å². The minimum atomic E-state index is -0.0297. The molecule has 19 heavy (non-hydrogen) atoms. The molecule has 1 aliphatic carbocycles. The van der Waals surface area contributed by atoms with Crippen molar-refractivity contribution in [1.82, 2.24) is 10.3 Å². The zero-order valence-electron chi connectivity index (χ0n) is 12.0. The predicted molar refractivity (Wildman–Crippen MR) is 78.8 cm³/mol. The molecular weight excluding hydrogens is 256 g/mol. The smallest absolute Gasteiger partial charge is 0.116 e. The number of thiazole rings is 1. The molecule has 3 rings (SSSR count).